The molecule has 0 aliphatic carbocycles. The Bertz CT molecular complexity index is 492. The largest absolute Gasteiger partial charge is 0.356 e. The highest BCUT2D eigenvalue weighted by Gasteiger charge is 2.05. The summed E-state index contributed by atoms with van der Waals surface area (Å²) in [6.45, 7) is 0. The first-order valence-corrected chi connectivity index (χ1v) is 4.88. The van der Waals surface area contributed by atoms with Crippen LogP contribution in [0.1, 0.15) is 5.69 Å². The van der Waals surface area contributed by atoms with E-state index >= 15 is 0 Å². The molecule has 2 rings (SSSR count). The second-order valence-electron chi connectivity index (χ2n) is 2.59. The lowest BCUT2D eigenvalue weighted by Gasteiger charge is -1.95. The second-order valence-corrected chi connectivity index (χ2v) is 3.15. The van der Waals surface area contributed by atoms with E-state index in [1.165, 1.54) is 0 Å². The lowest BCUT2D eigenvalue weighted by atomic mass is 10.2. The molecule has 1 aromatic heterocycles. The number of nitrogens with zero attached hydrogens (tertiary/aromatic N) is 1. The fourth-order valence-electron chi connectivity index (χ4n) is 1.12. The number of hydrogen-bond acceptors (Lipinski definition) is 3. The smallest absolute Gasteiger partial charge is 0.215 e. The molecule has 0 unspecified atom stereocenters. The van der Waals surface area contributed by atoms with Gasteiger partial charge in [0.2, 0.25) is 5.43 Å². The summed E-state index contributed by atoms with van der Waals surface area (Å²) in [4.78, 5) is 11.6. The van der Waals surface area contributed by atoms with Gasteiger partial charge in [0.25, 0.3) is 0 Å². The Morgan fingerprint density at radius 2 is 2.15 bits per heavy atom. The minimum absolute atomic E-state index is 0.0706. The van der Waals surface area contributed by atoms with Gasteiger partial charge in [-0.3, -0.25) is 4.79 Å². The molecule has 0 spiro atoms. The average Bonchev–Trinajstić information content (AvgIpc) is 2.19. The molecule has 66 valence electrons. The lowest BCUT2D eigenvalue weighted by Crippen LogP contribution is -2.09. The number of halogens is 1. The Morgan fingerprint density at radius 3 is 2.92 bits per heavy atom. The van der Waals surface area contributed by atoms with E-state index in [0.717, 1.165) is 0 Å². The van der Waals surface area contributed by atoms with Gasteiger partial charge in [0, 0.05) is 0 Å². The molecule has 0 saturated carbocycles. The van der Waals surface area contributed by atoms with Crippen LogP contribution in [0.2, 0.25) is 0 Å². The minimum atomic E-state index is -0.0706. The van der Waals surface area contributed by atoms with E-state index in [2.05, 4.69) is 21.1 Å². The summed E-state index contributed by atoms with van der Waals surface area (Å²) in [7, 11) is 0. The van der Waals surface area contributed by atoms with Gasteiger partial charge in [0.15, 0.2) is 5.58 Å². The molecule has 0 N–H and O–H groups in total. The normalized spacial score (nSPS) is 10.5. The van der Waals surface area contributed by atoms with E-state index in [0.29, 0.717) is 22.0 Å². The monoisotopic (exact) mass is 239 g/mol. The highest BCUT2D eigenvalue weighted by Crippen LogP contribution is 2.08. The highest BCUT2D eigenvalue weighted by atomic mass is 79.9. The third-order valence-electron chi connectivity index (χ3n) is 1.77. The molecule has 0 aliphatic heterocycles. The zero-order valence-electron chi connectivity index (χ0n) is 6.66. The Balaban J connectivity index is 2.87. The van der Waals surface area contributed by atoms with Crippen molar-refractivity contribution in [3.8, 4) is 0 Å². The molecule has 4 heteroatoms. The van der Waals surface area contributed by atoms with Crippen LogP contribution in [0.4, 0.5) is 0 Å². The molecule has 0 saturated heterocycles. The first kappa shape index (κ1) is 8.44. The zero-order chi connectivity index (χ0) is 9.26. The molecular formula is C9H6BrNO2. The maximum atomic E-state index is 11.6. The Morgan fingerprint density at radius 1 is 1.38 bits per heavy atom. The van der Waals surface area contributed by atoms with Crippen LogP contribution in [0.25, 0.3) is 11.0 Å². The molecular weight excluding hydrogens is 234 g/mol. The molecule has 0 aliphatic rings. The first-order valence-electron chi connectivity index (χ1n) is 3.76. The topological polar surface area (TPSA) is 43.1 Å². The molecule has 13 heavy (non-hydrogen) atoms. The second kappa shape index (κ2) is 3.30. The fraction of sp³-hybridized carbons (Fsp3) is 0.111. The summed E-state index contributed by atoms with van der Waals surface area (Å²) in [6.07, 6.45) is 0. The number of aromatic nitrogens is 1. The van der Waals surface area contributed by atoms with Crippen molar-refractivity contribution in [1.29, 1.82) is 0 Å². The standard InChI is InChI=1S/C9H6BrNO2/c10-5-7-9(12)6-3-1-2-4-8(6)13-11-7/h1-4H,5H2. The van der Waals surface area contributed by atoms with Gasteiger partial charge in [-0.25, -0.2) is 0 Å². The van der Waals surface area contributed by atoms with Gasteiger partial charge in [-0.2, -0.15) is 0 Å². The van der Waals surface area contributed by atoms with Crippen LogP contribution in [0, 0.1) is 0 Å². The predicted octanol–water partition coefficient (Wildman–Crippen LogP) is 2.08. The van der Waals surface area contributed by atoms with Gasteiger partial charge in [-0.1, -0.05) is 33.2 Å². The third kappa shape index (κ3) is 1.37. The van der Waals surface area contributed by atoms with E-state index in [-0.39, 0.29) is 5.43 Å². The van der Waals surface area contributed by atoms with Crippen LogP contribution in [0.5, 0.6) is 0 Å². The number of fused-ring (bicyclic) bond motifs is 1. The van der Waals surface area contributed by atoms with Gasteiger partial charge in [0.05, 0.1) is 10.7 Å². The van der Waals surface area contributed by atoms with Crippen molar-refractivity contribution in [3.63, 3.8) is 0 Å². The zero-order valence-corrected chi connectivity index (χ0v) is 8.24. The molecule has 0 atom stereocenters. The summed E-state index contributed by atoms with van der Waals surface area (Å²) in [5.41, 5.74) is 0.856. The maximum Gasteiger partial charge on any atom is 0.215 e. The van der Waals surface area contributed by atoms with Gasteiger partial charge in [-0.05, 0) is 12.1 Å². The lowest BCUT2D eigenvalue weighted by molar-refractivity contribution is 0.431. The quantitative estimate of drug-likeness (QED) is 0.716. The SMILES string of the molecule is O=c1c(CBr)noc2ccccc12. The molecule has 0 fully saturated rings. The van der Waals surface area contributed by atoms with Crippen LogP contribution < -0.4 is 5.43 Å². The predicted molar refractivity (Wildman–Crippen MR) is 52.9 cm³/mol. The molecule has 0 radical (unpaired) electrons. The number of hydrogen-bond donors (Lipinski definition) is 0. The number of rotatable bonds is 1. The molecule has 1 aromatic carbocycles. The third-order valence-corrected chi connectivity index (χ3v) is 2.31. The number of benzene rings is 1. The summed E-state index contributed by atoms with van der Waals surface area (Å²) in [5.74, 6) is 0. The molecule has 1 heterocycles. The summed E-state index contributed by atoms with van der Waals surface area (Å²) >= 11 is 3.17. The van der Waals surface area contributed by atoms with Crippen molar-refractivity contribution >= 4 is 26.9 Å². The molecule has 2 aromatic rings. The first-order chi connectivity index (χ1) is 6.33. The molecule has 0 amide bonds. The highest BCUT2D eigenvalue weighted by molar-refractivity contribution is 9.08. The van der Waals surface area contributed by atoms with Crippen LogP contribution in [-0.4, -0.2) is 5.16 Å². The van der Waals surface area contributed by atoms with E-state index < -0.39 is 0 Å². The van der Waals surface area contributed by atoms with Crippen LogP contribution >= 0.6 is 15.9 Å². The number of para-hydroxylation sites is 1. The van der Waals surface area contributed by atoms with Gasteiger partial charge >= 0.3 is 0 Å². The summed E-state index contributed by atoms with van der Waals surface area (Å²) in [5, 5.41) is 4.68. The Kier molecular flexibility index (Phi) is 2.14. The van der Waals surface area contributed by atoms with E-state index in [4.69, 9.17) is 4.52 Å². The van der Waals surface area contributed by atoms with Crippen LogP contribution in [-0.2, 0) is 5.33 Å². The van der Waals surface area contributed by atoms with Crippen molar-refractivity contribution in [3.05, 3.63) is 40.2 Å². The van der Waals surface area contributed by atoms with Crippen molar-refractivity contribution < 1.29 is 4.52 Å². The molecule has 3 nitrogen and oxygen atoms in total. The molecule has 0 bridgehead atoms. The van der Waals surface area contributed by atoms with Gasteiger partial charge in [-0.15, -0.1) is 0 Å². The van der Waals surface area contributed by atoms with Gasteiger partial charge < -0.3 is 4.52 Å². The minimum Gasteiger partial charge on any atom is -0.356 e. The number of alkyl halides is 1. The van der Waals surface area contributed by atoms with Crippen LogP contribution in [0.15, 0.2) is 33.6 Å². The Labute approximate surface area is 82.5 Å². The van der Waals surface area contributed by atoms with E-state index in [1.54, 1.807) is 24.3 Å². The maximum absolute atomic E-state index is 11.6. The summed E-state index contributed by atoms with van der Waals surface area (Å²) < 4.78 is 5.03. The van der Waals surface area contributed by atoms with Crippen molar-refractivity contribution in [1.82, 2.24) is 5.16 Å². The van der Waals surface area contributed by atoms with Crippen molar-refractivity contribution in [2.24, 2.45) is 0 Å². The van der Waals surface area contributed by atoms with Crippen molar-refractivity contribution in [2.75, 3.05) is 0 Å². The average molecular weight is 240 g/mol. The van der Waals surface area contributed by atoms with E-state index in [1.807, 2.05) is 0 Å². The fourth-order valence-corrected chi connectivity index (χ4v) is 1.48. The Hall–Kier alpha value is -1.16. The van der Waals surface area contributed by atoms with Crippen molar-refractivity contribution in [2.45, 2.75) is 5.33 Å². The van der Waals surface area contributed by atoms with Gasteiger partial charge in [0.1, 0.15) is 5.69 Å². The van der Waals surface area contributed by atoms with Crippen LogP contribution in [0.3, 0.4) is 0 Å². The summed E-state index contributed by atoms with van der Waals surface area (Å²) in [6, 6.07) is 7.06. The van der Waals surface area contributed by atoms with E-state index in [9.17, 15) is 4.79 Å².